The fourth-order valence-corrected chi connectivity index (χ4v) is 4.29. The van der Waals surface area contributed by atoms with E-state index in [0.717, 1.165) is 34.4 Å². The third kappa shape index (κ3) is 6.36. The van der Waals surface area contributed by atoms with E-state index in [4.69, 9.17) is 9.47 Å². The van der Waals surface area contributed by atoms with Gasteiger partial charge in [-0.1, -0.05) is 19.1 Å². The van der Waals surface area contributed by atoms with Crippen LogP contribution >= 0.6 is 27.7 Å². The number of aryl methyl sites for hydroxylation is 1. The molecule has 0 bridgehead atoms. The minimum absolute atomic E-state index is 0.280. The maximum Gasteiger partial charge on any atom is 0.338 e. The molecule has 2 aromatic carbocycles. The maximum atomic E-state index is 11.8. The molecule has 0 heterocycles. The zero-order valence-electron chi connectivity index (χ0n) is 15.5. The summed E-state index contributed by atoms with van der Waals surface area (Å²) in [7, 11) is 1.69. The number of carbonyl (C=O) groups excluding carboxylic acids is 1. The van der Waals surface area contributed by atoms with Crippen molar-refractivity contribution in [1.29, 1.82) is 0 Å². The van der Waals surface area contributed by atoms with Gasteiger partial charge in [0.25, 0.3) is 0 Å². The second kappa shape index (κ2) is 10.6. The van der Waals surface area contributed by atoms with Gasteiger partial charge in [0.1, 0.15) is 5.75 Å². The maximum absolute atomic E-state index is 11.8. The van der Waals surface area contributed by atoms with Gasteiger partial charge in [-0.3, -0.25) is 0 Å². The number of carbonyl (C=O) groups is 1. The molecule has 0 spiro atoms. The molecule has 2 rings (SSSR count). The summed E-state index contributed by atoms with van der Waals surface area (Å²) >= 11 is 5.40. The van der Waals surface area contributed by atoms with Crippen LogP contribution < -0.4 is 4.74 Å². The molecule has 0 N–H and O–H groups in total. The number of rotatable bonds is 9. The van der Waals surface area contributed by atoms with Crippen molar-refractivity contribution in [3.05, 3.63) is 58.1 Å². The Kier molecular flexibility index (Phi) is 8.52. The van der Waals surface area contributed by atoms with Crippen LogP contribution in [0.1, 0.15) is 42.6 Å². The Balaban J connectivity index is 1.83. The van der Waals surface area contributed by atoms with Gasteiger partial charge in [0.2, 0.25) is 0 Å². The summed E-state index contributed by atoms with van der Waals surface area (Å²) in [5.74, 6) is 0.617. The van der Waals surface area contributed by atoms with Gasteiger partial charge in [-0.15, -0.1) is 11.8 Å². The summed E-state index contributed by atoms with van der Waals surface area (Å²) in [5.41, 5.74) is 1.92. The number of ether oxygens (including phenoxy) is 2. The summed E-state index contributed by atoms with van der Waals surface area (Å²) in [6.07, 6.45) is 3.33. The molecule has 0 radical (unpaired) electrons. The van der Waals surface area contributed by atoms with E-state index >= 15 is 0 Å². The van der Waals surface area contributed by atoms with Crippen LogP contribution in [0.5, 0.6) is 5.75 Å². The first kappa shape index (κ1) is 20.8. The summed E-state index contributed by atoms with van der Waals surface area (Å²) in [5, 5.41) is 0.498. The quantitative estimate of drug-likeness (QED) is 0.349. The van der Waals surface area contributed by atoms with E-state index in [-0.39, 0.29) is 5.97 Å². The Morgan fingerprint density at radius 2 is 1.92 bits per heavy atom. The van der Waals surface area contributed by atoms with E-state index in [0.29, 0.717) is 17.4 Å². The minimum atomic E-state index is -0.280. The first-order chi connectivity index (χ1) is 12.5. The fraction of sp³-hybridized carbons (Fsp3) is 0.381. The van der Waals surface area contributed by atoms with Gasteiger partial charge in [0.15, 0.2) is 0 Å². The van der Waals surface area contributed by atoms with E-state index in [1.54, 1.807) is 7.11 Å². The predicted molar refractivity (Wildman–Crippen MR) is 111 cm³/mol. The molecule has 2 aromatic rings. The SMILES string of the molecule is CCOC(=O)c1ccc(S[C@H](C)CCCc2ccc(OC)cc2)c(Br)c1. The topological polar surface area (TPSA) is 35.5 Å². The molecule has 0 amide bonds. The Morgan fingerprint density at radius 3 is 2.54 bits per heavy atom. The highest BCUT2D eigenvalue weighted by Crippen LogP contribution is 2.33. The van der Waals surface area contributed by atoms with Crippen molar-refractivity contribution in [3.8, 4) is 5.75 Å². The molecule has 0 aliphatic carbocycles. The standard InChI is InChI=1S/C21H25BrO3S/c1-4-25-21(23)17-10-13-20(19(22)14-17)26-15(2)6-5-7-16-8-11-18(24-3)12-9-16/h8-15H,4-7H2,1-3H3/t15-/m1/s1. The van der Waals surface area contributed by atoms with Crippen LogP contribution in [0.25, 0.3) is 0 Å². The van der Waals surface area contributed by atoms with Crippen molar-refractivity contribution < 1.29 is 14.3 Å². The van der Waals surface area contributed by atoms with Crippen molar-refractivity contribution in [2.24, 2.45) is 0 Å². The lowest BCUT2D eigenvalue weighted by atomic mass is 10.1. The zero-order valence-corrected chi connectivity index (χ0v) is 17.9. The third-order valence-corrected chi connectivity index (χ3v) is 6.17. The highest BCUT2D eigenvalue weighted by molar-refractivity contribution is 9.10. The van der Waals surface area contributed by atoms with Crippen LogP contribution in [0.2, 0.25) is 0 Å². The molecule has 1 atom stereocenters. The lowest BCUT2D eigenvalue weighted by Crippen LogP contribution is -2.04. The second-order valence-electron chi connectivity index (χ2n) is 6.03. The second-order valence-corrected chi connectivity index (χ2v) is 8.37. The average Bonchev–Trinajstić information content (AvgIpc) is 2.64. The largest absolute Gasteiger partial charge is 0.497 e. The molecule has 0 aliphatic heterocycles. The van der Waals surface area contributed by atoms with Gasteiger partial charge in [0, 0.05) is 14.6 Å². The van der Waals surface area contributed by atoms with Crippen LogP contribution in [-0.2, 0) is 11.2 Å². The Labute approximate surface area is 168 Å². The van der Waals surface area contributed by atoms with E-state index in [1.807, 2.05) is 49.0 Å². The number of benzene rings is 2. The number of halogens is 1. The van der Waals surface area contributed by atoms with Gasteiger partial charge in [-0.2, -0.15) is 0 Å². The van der Waals surface area contributed by atoms with Crippen molar-refractivity contribution in [1.82, 2.24) is 0 Å². The van der Waals surface area contributed by atoms with Crippen LogP contribution in [0, 0.1) is 0 Å². The highest BCUT2D eigenvalue weighted by Gasteiger charge is 2.12. The molecule has 140 valence electrons. The summed E-state index contributed by atoms with van der Waals surface area (Å²) in [4.78, 5) is 12.9. The summed E-state index contributed by atoms with van der Waals surface area (Å²) in [6, 6.07) is 13.9. The molecule has 0 aliphatic rings. The minimum Gasteiger partial charge on any atom is -0.497 e. The third-order valence-electron chi connectivity index (χ3n) is 4.01. The van der Waals surface area contributed by atoms with Gasteiger partial charge in [-0.05, 0) is 78.0 Å². The van der Waals surface area contributed by atoms with Crippen LogP contribution in [-0.4, -0.2) is 24.9 Å². The number of hydrogen-bond acceptors (Lipinski definition) is 4. The van der Waals surface area contributed by atoms with Crippen molar-refractivity contribution in [2.45, 2.75) is 43.3 Å². The number of thioether (sulfide) groups is 1. The summed E-state index contributed by atoms with van der Waals surface area (Å²) < 4.78 is 11.2. The van der Waals surface area contributed by atoms with E-state index < -0.39 is 0 Å². The Morgan fingerprint density at radius 1 is 1.19 bits per heavy atom. The lowest BCUT2D eigenvalue weighted by Gasteiger charge is -2.13. The number of hydrogen-bond donors (Lipinski definition) is 0. The predicted octanol–water partition coefficient (Wildman–Crippen LogP) is 6.14. The normalized spacial score (nSPS) is 11.8. The molecule has 0 aromatic heterocycles. The van der Waals surface area contributed by atoms with Gasteiger partial charge < -0.3 is 9.47 Å². The van der Waals surface area contributed by atoms with Crippen LogP contribution in [0.4, 0.5) is 0 Å². The van der Waals surface area contributed by atoms with E-state index in [1.165, 1.54) is 5.56 Å². The highest BCUT2D eigenvalue weighted by atomic mass is 79.9. The van der Waals surface area contributed by atoms with Gasteiger partial charge >= 0.3 is 5.97 Å². The van der Waals surface area contributed by atoms with E-state index in [2.05, 4.69) is 35.0 Å². The Hall–Kier alpha value is -1.46. The van der Waals surface area contributed by atoms with Gasteiger partial charge in [-0.25, -0.2) is 4.79 Å². The molecule has 3 nitrogen and oxygen atoms in total. The van der Waals surface area contributed by atoms with Crippen LogP contribution in [0.3, 0.4) is 0 Å². The molecule has 0 fully saturated rings. The van der Waals surface area contributed by atoms with Crippen molar-refractivity contribution in [3.63, 3.8) is 0 Å². The van der Waals surface area contributed by atoms with Gasteiger partial charge in [0.05, 0.1) is 19.3 Å². The molecule has 26 heavy (non-hydrogen) atoms. The summed E-state index contributed by atoms with van der Waals surface area (Å²) in [6.45, 7) is 4.44. The van der Waals surface area contributed by atoms with E-state index in [9.17, 15) is 4.79 Å². The molecule has 5 heteroatoms. The smallest absolute Gasteiger partial charge is 0.338 e. The molecular formula is C21H25BrO3S. The number of methoxy groups -OCH3 is 1. The van der Waals surface area contributed by atoms with Crippen molar-refractivity contribution in [2.75, 3.05) is 13.7 Å². The Bertz CT molecular complexity index is 716. The average molecular weight is 437 g/mol. The zero-order chi connectivity index (χ0) is 18.9. The monoisotopic (exact) mass is 436 g/mol. The van der Waals surface area contributed by atoms with Crippen LogP contribution in [0.15, 0.2) is 51.8 Å². The molecular weight excluding hydrogens is 412 g/mol. The first-order valence-electron chi connectivity index (χ1n) is 8.79. The molecule has 0 unspecified atom stereocenters. The molecule has 0 saturated heterocycles. The lowest BCUT2D eigenvalue weighted by molar-refractivity contribution is 0.0526. The molecule has 0 saturated carbocycles. The fourth-order valence-electron chi connectivity index (χ4n) is 2.60. The number of esters is 1. The van der Waals surface area contributed by atoms with Crippen molar-refractivity contribution >= 4 is 33.7 Å². The first-order valence-corrected chi connectivity index (χ1v) is 10.5.